The van der Waals surface area contributed by atoms with E-state index in [1.54, 1.807) is 25.4 Å². The molecule has 1 aliphatic carbocycles. The van der Waals surface area contributed by atoms with Gasteiger partial charge in [-0.1, -0.05) is 0 Å². The summed E-state index contributed by atoms with van der Waals surface area (Å²) in [5.74, 6) is 1.45. The number of aliphatic hydroxyl groups excluding tert-OH is 2. The fraction of sp³-hybridized carbons (Fsp3) is 0.500. The molecule has 0 bridgehead atoms. The third-order valence-corrected chi connectivity index (χ3v) is 4.85. The maximum atomic E-state index is 10.4. The molecule has 1 saturated carbocycles. The van der Waals surface area contributed by atoms with Gasteiger partial charge < -0.3 is 25.0 Å². The fourth-order valence-corrected chi connectivity index (χ4v) is 3.45. The van der Waals surface area contributed by atoms with Crippen LogP contribution < -0.4 is 14.8 Å². The number of aromatic nitrogens is 3. The summed E-state index contributed by atoms with van der Waals surface area (Å²) in [6.07, 6.45) is 1.24. The molecule has 2 aliphatic rings. The largest absolute Gasteiger partial charge is 0.471 e. The standard InChI is InChI=1S/C18H22N4O4/c1-10-20-7-4-15(22-10)25-13-8-14(17(24)16(13)23)26-18-12-9-19-5-2-11(12)3-6-21-18/h3-4,6-7,13-14,16-17,19,23-24H,2,5,8-9H2,1H3/t13?,14?,16-,17+/m0/s1. The second-order valence-corrected chi connectivity index (χ2v) is 6.65. The molecule has 1 fully saturated rings. The molecule has 4 atom stereocenters. The van der Waals surface area contributed by atoms with E-state index in [-0.39, 0.29) is 0 Å². The molecule has 4 rings (SSSR count). The van der Waals surface area contributed by atoms with E-state index in [4.69, 9.17) is 9.47 Å². The van der Waals surface area contributed by atoms with E-state index in [2.05, 4.69) is 20.3 Å². The number of nitrogens with zero attached hydrogens (tertiary/aromatic N) is 3. The van der Waals surface area contributed by atoms with Crippen molar-refractivity contribution in [3.8, 4) is 11.8 Å². The maximum Gasteiger partial charge on any atom is 0.218 e. The Bertz CT molecular complexity index is 788. The Balaban J connectivity index is 1.48. The summed E-state index contributed by atoms with van der Waals surface area (Å²) in [6.45, 7) is 3.37. The number of nitrogens with one attached hydrogen (secondary N) is 1. The van der Waals surface area contributed by atoms with Gasteiger partial charge in [0.1, 0.15) is 30.2 Å². The molecular formula is C18H22N4O4. The second-order valence-electron chi connectivity index (χ2n) is 6.65. The van der Waals surface area contributed by atoms with Gasteiger partial charge in [-0.3, -0.25) is 0 Å². The van der Waals surface area contributed by atoms with E-state index in [0.717, 1.165) is 18.5 Å². The average molecular weight is 358 g/mol. The van der Waals surface area contributed by atoms with Crippen LogP contribution in [0.25, 0.3) is 0 Å². The van der Waals surface area contributed by atoms with Crippen molar-refractivity contribution in [2.45, 2.75) is 50.7 Å². The maximum absolute atomic E-state index is 10.4. The van der Waals surface area contributed by atoms with Crippen molar-refractivity contribution in [3.63, 3.8) is 0 Å². The lowest BCUT2D eigenvalue weighted by Crippen LogP contribution is -2.36. The molecule has 0 radical (unpaired) electrons. The number of rotatable bonds is 4. The zero-order chi connectivity index (χ0) is 18.1. The molecule has 2 aromatic heterocycles. The Morgan fingerprint density at radius 1 is 1.08 bits per heavy atom. The van der Waals surface area contributed by atoms with Crippen LogP contribution in [0.4, 0.5) is 0 Å². The third kappa shape index (κ3) is 3.35. The Morgan fingerprint density at radius 2 is 1.85 bits per heavy atom. The third-order valence-electron chi connectivity index (χ3n) is 4.85. The minimum atomic E-state index is -1.06. The summed E-state index contributed by atoms with van der Waals surface area (Å²) in [5.41, 5.74) is 2.21. The molecular weight excluding hydrogens is 336 g/mol. The van der Waals surface area contributed by atoms with Crippen molar-refractivity contribution in [1.82, 2.24) is 20.3 Å². The molecule has 0 spiro atoms. The molecule has 26 heavy (non-hydrogen) atoms. The zero-order valence-electron chi connectivity index (χ0n) is 14.5. The summed E-state index contributed by atoms with van der Waals surface area (Å²) in [7, 11) is 0. The van der Waals surface area contributed by atoms with Gasteiger partial charge in [-0.2, -0.15) is 4.98 Å². The normalized spacial score (nSPS) is 27.8. The minimum Gasteiger partial charge on any atom is -0.471 e. The highest BCUT2D eigenvalue weighted by Gasteiger charge is 2.45. The summed E-state index contributed by atoms with van der Waals surface area (Å²) in [4.78, 5) is 12.5. The molecule has 8 heteroatoms. The van der Waals surface area contributed by atoms with Gasteiger partial charge in [0.2, 0.25) is 11.8 Å². The SMILES string of the molecule is Cc1nccc(OC2CC(Oc3nccc4c3CNCC4)[C@@H](O)[C@H]2O)n1. The summed E-state index contributed by atoms with van der Waals surface area (Å²) < 4.78 is 11.7. The van der Waals surface area contributed by atoms with E-state index >= 15 is 0 Å². The Morgan fingerprint density at radius 3 is 2.65 bits per heavy atom. The van der Waals surface area contributed by atoms with Crippen molar-refractivity contribution >= 4 is 0 Å². The van der Waals surface area contributed by atoms with Crippen LogP contribution in [0.15, 0.2) is 24.5 Å². The predicted octanol–water partition coefficient (Wildman–Crippen LogP) is 0.146. The van der Waals surface area contributed by atoms with Crippen molar-refractivity contribution in [2.75, 3.05) is 6.54 Å². The van der Waals surface area contributed by atoms with Crippen LogP contribution >= 0.6 is 0 Å². The van der Waals surface area contributed by atoms with Gasteiger partial charge in [0.15, 0.2) is 0 Å². The highest BCUT2D eigenvalue weighted by atomic mass is 16.5. The topological polar surface area (TPSA) is 110 Å². The number of pyridine rings is 1. The number of ether oxygens (including phenoxy) is 2. The van der Waals surface area contributed by atoms with Gasteiger partial charge in [0, 0.05) is 37.0 Å². The molecule has 8 nitrogen and oxygen atoms in total. The van der Waals surface area contributed by atoms with Gasteiger partial charge in [0.05, 0.1) is 0 Å². The summed E-state index contributed by atoms with van der Waals surface area (Å²) in [6, 6.07) is 3.62. The zero-order valence-corrected chi connectivity index (χ0v) is 14.5. The number of hydrogen-bond donors (Lipinski definition) is 3. The Labute approximate surface area is 151 Å². The van der Waals surface area contributed by atoms with E-state index in [1.165, 1.54) is 5.56 Å². The van der Waals surface area contributed by atoms with Gasteiger partial charge in [-0.05, 0) is 31.5 Å². The van der Waals surface area contributed by atoms with E-state index in [0.29, 0.717) is 30.5 Å². The highest BCUT2D eigenvalue weighted by Crippen LogP contribution is 2.30. The lowest BCUT2D eigenvalue weighted by Gasteiger charge is -2.23. The first-order valence-electron chi connectivity index (χ1n) is 8.78. The van der Waals surface area contributed by atoms with Crippen LogP contribution in [0.2, 0.25) is 0 Å². The molecule has 0 saturated heterocycles. The minimum absolute atomic E-state index is 0.337. The molecule has 2 unspecified atom stereocenters. The predicted molar refractivity (Wildman–Crippen MR) is 91.9 cm³/mol. The quantitative estimate of drug-likeness (QED) is 0.708. The highest BCUT2D eigenvalue weighted by molar-refractivity contribution is 5.36. The van der Waals surface area contributed by atoms with Crippen LogP contribution in [-0.2, 0) is 13.0 Å². The molecule has 3 N–H and O–H groups in total. The molecule has 138 valence electrons. The van der Waals surface area contributed by atoms with Gasteiger partial charge in [-0.25, -0.2) is 9.97 Å². The van der Waals surface area contributed by atoms with E-state index in [1.807, 2.05) is 6.07 Å². The number of aliphatic hydroxyl groups is 2. The first kappa shape index (κ1) is 17.1. The Kier molecular flexibility index (Phi) is 4.71. The van der Waals surface area contributed by atoms with Crippen LogP contribution in [0.1, 0.15) is 23.4 Å². The Hall–Kier alpha value is -2.29. The molecule has 1 aliphatic heterocycles. The second kappa shape index (κ2) is 7.14. The van der Waals surface area contributed by atoms with Gasteiger partial charge in [-0.15, -0.1) is 0 Å². The van der Waals surface area contributed by atoms with Gasteiger partial charge in [0.25, 0.3) is 0 Å². The molecule has 3 heterocycles. The number of fused-ring (bicyclic) bond motifs is 1. The van der Waals surface area contributed by atoms with Crippen LogP contribution in [0.5, 0.6) is 11.8 Å². The average Bonchev–Trinajstić information content (AvgIpc) is 2.90. The first-order valence-corrected chi connectivity index (χ1v) is 8.78. The van der Waals surface area contributed by atoms with E-state index < -0.39 is 24.4 Å². The smallest absolute Gasteiger partial charge is 0.218 e. The van der Waals surface area contributed by atoms with Crippen molar-refractivity contribution in [1.29, 1.82) is 0 Å². The van der Waals surface area contributed by atoms with Crippen LogP contribution in [-0.4, -0.2) is 56.1 Å². The molecule has 2 aromatic rings. The fourth-order valence-electron chi connectivity index (χ4n) is 3.45. The van der Waals surface area contributed by atoms with Crippen molar-refractivity contribution < 1.29 is 19.7 Å². The van der Waals surface area contributed by atoms with Crippen LogP contribution in [0, 0.1) is 6.92 Å². The monoisotopic (exact) mass is 358 g/mol. The van der Waals surface area contributed by atoms with Crippen molar-refractivity contribution in [3.05, 3.63) is 41.5 Å². The van der Waals surface area contributed by atoms with Crippen molar-refractivity contribution in [2.24, 2.45) is 0 Å². The number of aryl methyl sites for hydroxylation is 1. The summed E-state index contributed by atoms with van der Waals surface area (Å²) >= 11 is 0. The molecule has 0 amide bonds. The lowest BCUT2D eigenvalue weighted by atomic mass is 10.0. The summed E-state index contributed by atoms with van der Waals surface area (Å²) in [5, 5.41) is 24.0. The van der Waals surface area contributed by atoms with E-state index in [9.17, 15) is 10.2 Å². The van der Waals surface area contributed by atoms with Gasteiger partial charge >= 0.3 is 0 Å². The number of hydrogen-bond acceptors (Lipinski definition) is 8. The lowest BCUT2D eigenvalue weighted by molar-refractivity contribution is -0.0328. The molecule has 0 aromatic carbocycles. The first-order chi connectivity index (χ1) is 12.6. The van der Waals surface area contributed by atoms with Crippen LogP contribution in [0.3, 0.4) is 0 Å².